The molecule has 0 amide bonds. The molecule has 3 rings (SSSR count). The molecule has 0 radical (unpaired) electrons. The van der Waals surface area contributed by atoms with Gasteiger partial charge in [-0.25, -0.2) is 4.98 Å². The van der Waals surface area contributed by atoms with Crippen LogP contribution in [0.1, 0.15) is 153 Å². The summed E-state index contributed by atoms with van der Waals surface area (Å²) in [7, 11) is 0. The van der Waals surface area contributed by atoms with Crippen LogP contribution in [0.5, 0.6) is 0 Å². The van der Waals surface area contributed by atoms with Crippen molar-refractivity contribution in [3.63, 3.8) is 0 Å². The normalized spacial score (nSPS) is 13.7. The van der Waals surface area contributed by atoms with Crippen LogP contribution in [0, 0.1) is 0 Å². The highest BCUT2D eigenvalue weighted by Crippen LogP contribution is 2.44. The second kappa shape index (κ2) is 19.7. The highest BCUT2D eigenvalue weighted by atomic mass is 15.1. The molecule has 3 aromatic rings. The molecule has 0 N–H and O–H groups in total. The molecule has 2 atom stereocenters. The van der Waals surface area contributed by atoms with Gasteiger partial charge < -0.3 is 4.57 Å². The van der Waals surface area contributed by atoms with Gasteiger partial charge in [0.1, 0.15) is 5.82 Å². The Labute approximate surface area is 253 Å². The number of nitrogens with zero attached hydrogens (tertiary/aromatic N) is 2. The van der Waals surface area contributed by atoms with Gasteiger partial charge in [-0.3, -0.25) is 0 Å². The molecule has 1 heterocycles. The Balaban J connectivity index is 1.64. The van der Waals surface area contributed by atoms with E-state index >= 15 is 0 Å². The van der Waals surface area contributed by atoms with Gasteiger partial charge in [-0.15, -0.1) is 0 Å². The first-order chi connectivity index (χ1) is 20.2. The SMILES string of the molecule is CCCCCCCCCCCCCCCC(c1nccn1CCCCC)C(C)(Cc1ccccc1)c1ccccc1. The second-order valence-electron chi connectivity index (χ2n) is 12.7. The average molecular weight is 557 g/mol. The van der Waals surface area contributed by atoms with Crippen LogP contribution >= 0.6 is 0 Å². The zero-order valence-electron chi connectivity index (χ0n) is 26.8. The molecule has 0 saturated carbocycles. The van der Waals surface area contributed by atoms with Gasteiger partial charge in [0.15, 0.2) is 0 Å². The number of imidazole rings is 1. The smallest absolute Gasteiger partial charge is 0.112 e. The van der Waals surface area contributed by atoms with Crippen molar-refractivity contribution in [2.45, 2.75) is 154 Å². The lowest BCUT2D eigenvalue weighted by molar-refractivity contribution is 0.321. The maximum absolute atomic E-state index is 5.07. The summed E-state index contributed by atoms with van der Waals surface area (Å²) in [5.74, 6) is 1.68. The third kappa shape index (κ3) is 11.4. The van der Waals surface area contributed by atoms with Gasteiger partial charge >= 0.3 is 0 Å². The summed E-state index contributed by atoms with van der Waals surface area (Å²) < 4.78 is 2.48. The fraction of sp³-hybridized carbons (Fsp3) is 0.615. The maximum atomic E-state index is 5.07. The molecule has 2 heteroatoms. The van der Waals surface area contributed by atoms with Gasteiger partial charge in [0.25, 0.3) is 0 Å². The first-order valence-corrected chi connectivity index (χ1v) is 17.3. The molecule has 2 nitrogen and oxygen atoms in total. The second-order valence-corrected chi connectivity index (χ2v) is 12.7. The molecule has 226 valence electrons. The quantitative estimate of drug-likeness (QED) is 0.106. The summed E-state index contributed by atoms with van der Waals surface area (Å²) in [5, 5.41) is 0. The van der Waals surface area contributed by atoms with Crippen LogP contribution in [-0.4, -0.2) is 9.55 Å². The first kappa shape index (κ1) is 33.2. The predicted molar refractivity (Wildman–Crippen MR) is 179 cm³/mol. The summed E-state index contributed by atoms with van der Waals surface area (Å²) in [6.07, 6.45) is 28.4. The number of hydrogen-bond acceptors (Lipinski definition) is 1. The van der Waals surface area contributed by atoms with Gasteiger partial charge in [-0.05, 0) is 30.4 Å². The highest BCUT2D eigenvalue weighted by Gasteiger charge is 2.39. The van der Waals surface area contributed by atoms with Gasteiger partial charge in [-0.2, -0.15) is 0 Å². The van der Waals surface area contributed by atoms with E-state index < -0.39 is 0 Å². The third-order valence-corrected chi connectivity index (χ3v) is 9.27. The zero-order chi connectivity index (χ0) is 29.0. The maximum Gasteiger partial charge on any atom is 0.112 e. The summed E-state index contributed by atoms with van der Waals surface area (Å²) in [5.41, 5.74) is 2.83. The lowest BCUT2D eigenvalue weighted by Gasteiger charge is -2.39. The zero-order valence-corrected chi connectivity index (χ0v) is 26.8. The highest BCUT2D eigenvalue weighted by molar-refractivity contribution is 5.33. The van der Waals surface area contributed by atoms with Crippen molar-refractivity contribution >= 4 is 0 Å². The standard InChI is InChI=1S/C39H60N2/c1-4-6-8-9-10-11-12-13-14-15-16-17-24-30-37(38-40-31-33-41(38)32-25-7-5-2)39(3,36-28-22-19-23-29-36)34-35-26-20-18-21-27-35/h18-23,26-29,31,33,37H,4-17,24-25,30,32,34H2,1-3H3. The number of benzene rings is 2. The fourth-order valence-electron chi connectivity index (χ4n) is 6.72. The van der Waals surface area contributed by atoms with Gasteiger partial charge in [0.05, 0.1) is 0 Å². The Morgan fingerprint density at radius 3 is 1.73 bits per heavy atom. The Morgan fingerprint density at radius 2 is 1.15 bits per heavy atom. The molecular weight excluding hydrogens is 496 g/mol. The monoisotopic (exact) mass is 556 g/mol. The van der Waals surface area contributed by atoms with E-state index in [0.717, 1.165) is 13.0 Å². The Kier molecular flexibility index (Phi) is 15.9. The number of rotatable bonds is 23. The molecule has 0 aliphatic heterocycles. The molecule has 1 aromatic heterocycles. The van der Waals surface area contributed by atoms with Crippen molar-refractivity contribution in [2.24, 2.45) is 0 Å². The van der Waals surface area contributed by atoms with E-state index in [2.05, 4.69) is 92.2 Å². The molecule has 0 saturated heterocycles. The van der Waals surface area contributed by atoms with Gasteiger partial charge in [0.2, 0.25) is 0 Å². The average Bonchev–Trinajstić information content (AvgIpc) is 3.46. The summed E-state index contributed by atoms with van der Waals surface area (Å²) in [4.78, 5) is 5.07. The lowest BCUT2D eigenvalue weighted by Crippen LogP contribution is -2.35. The number of hydrogen-bond donors (Lipinski definition) is 0. The van der Waals surface area contributed by atoms with E-state index in [1.54, 1.807) is 0 Å². The topological polar surface area (TPSA) is 17.8 Å². The minimum absolute atomic E-state index is 0.0202. The van der Waals surface area contributed by atoms with E-state index in [9.17, 15) is 0 Å². The molecule has 0 bridgehead atoms. The molecule has 0 aliphatic rings. The number of unbranched alkanes of at least 4 members (excludes halogenated alkanes) is 14. The number of aromatic nitrogens is 2. The number of aryl methyl sites for hydroxylation is 1. The van der Waals surface area contributed by atoms with Crippen molar-refractivity contribution in [1.82, 2.24) is 9.55 Å². The van der Waals surface area contributed by atoms with Crippen LogP contribution in [0.3, 0.4) is 0 Å². The molecular formula is C39H60N2. The van der Waals surface area contributed by atoms with Crippen molar-refractivity contribution < 1.29 is 0 Å². The van der Waals surface area contributed by atoms with Crippen LogP contribution < -0.4 is 0 Å². The van der Waals surface area contributed by atoms with Crippen molar-refractivity contribution in [3.8, 4) is 0 Å². The van der Waals surface area contributed by atoms with Crippen LogP contribution in [-0.2, 0) is 18.4 Å². The molecule has 41 heavy (non-hydrogen) atoms. The van der Waals surface area contributed by atoms with Crippen LogP contribution in [0.25, 0.3) is 0 Å². The predicted octanol–water partition coefficient (Wildman–Crippen LogP) is 11.8. The van der Waals surface area contributed by atoms with Crippen molar-refractivity contribution in [1.29, 1.82) is 0 Å². The molecule has 2 unspecified atom stereocenters. The fourth-order valence-corrected chi connectivity index (χ4v) is 6.72. The van der Waals surface area contributed by atoms with E-state index in [0.29, 0.717) is 5.92 Å². The van der Waals surface area contributed by atoms with Crippen LogP contribution in [0.2, 0.25) is 0 Å². The Hall–Kier alpha value is -2.35. The summed E-state index contributed by atoms with van der Waals surface area (Å²) >= 11 is 0. The summed E-state index contributed by atoms with van der Waals surface area (Å²) in [6, 6.07) is 22.4. The van der Waals surface area contributed by atoms with E-state index in [1.165, 1.54) is 126 Å². The molecule has 0 spiro atoms. The van der Waals surface area contributed by atoms with E-state index in [1.807, 2.05) is 6.20 Å². The van der Waals surface area contributed by atoms with E-state index in [4.69, 9.17) is 4.98 Å². The molecule has 2 aromatic carbocycles. The molecule has 0 fully saturated rings. The van der Waals surface area contributed by atoms with Crippen molar-refractivity contribution in [2.75, 3.05) is 0 Å². The van der Waals surface area contributed by atoms with Crippen LogP contribution in [0.15, 0.2) is 73.1 Å². The Bertz CT molecular complexity index is 1020. The minimum atomic E-state index is -0.0202. The summed E-state index contributed by atoms with van der Waals surface area (Å²) in [6.45, 7) is 8.18. The lowest BCUT2D eigenvalue weighted by atomic mass is 9.66. The first-order valence-electron chi connectivity index (χ1n) is 17.3. The van der Waals surface area contributed by atoms with Gasteiger partial charge in [0, 0.05) is 30.3 Å². The largest absolute Gasteiger partial charge is 0.335 e. The molecule has 0 aliphatic carbocycles. The Morgan fingerprint density at radius 1 is 0.634 bits per heavy atom. The minimum Gasteiger partial charge on any atom is -0.335 e. The van der Waals surface area contributed by atoms with E-state index in [-0.39, 0.29) is 5.41 Å². The third-order valence-electron chi connectivity index (χ3n) is 9.27. The van der Waals surface area contributed by atoms with Crippen LogP contribution in [0.4, 0.5) is 0 Å². The van der Waals surface area contributed by atoms with Crippen molar-refractivity contribution in [3.05, 3.63) is 90.0 Å². The van der Waals surface area contributed by atoms with Gasteiger partial charge in [-0.1, -0.05) is 178 Å².